The highest BCUT2D eigenvalue weighted by Crippen LogP contribution is 2.53. The fourth-order valence-corrected chi connectivity index (χ4v) is 7.00. The largest absolute Gasteiger partial charge is 0.533 e. The molecule has 8 heteroatoms. The fourth-order valence-electron chi connectivity index (χ4n) is 7.00. The van der Waals surface area contributed by atoms with Gasteiger partial charge in [-0.05, 0) is 42.9 Å². The van der Waals surface area contributed by atoms with E-state index in [-0.39, 0.29) is 66.5 Å². The van der Waals surface area contributed by atoms with Crippen LogP contribution in [0.2, 0.25) is 0 Å². The van der Waals surface area contributed by atoms with Crippen LogP contribution in [0, 0.1) is 53.3 Å². The molecule has 1 saturated heterocycles. The number of carbonyl (C=O) groups is 5. The number of hydrogen-bond acceptors (Lipinski definition) is 7. The van der Waals surface area contributed by atoms with Gasteiger partial charge in [-0.2, -0.15) is 0 Å². The predicted molar refractivity (Wildman–Crippen MR) is 102 cm³/mol. The summed E-state index contributed by atoms with van der Waals surface area (Å²) in [6, 6.07) is 0. The first-order valence-electron chi connectivity index (χ1n) is 11.1. The van der Waals surface area contributed by atoms with Gasteiger partial charge >= 0.3 is 6.16 Å². The molecule has 6 rings (SSSR count). The summed E-state index contributed by atoms with van der Waals surface area (Å²) in [5, 5.41) is 0.547. The zero-order valence-electron chi connectivity index (χ0n) is 16.8. The van der Waals surface area contributed by atoms with E-state index < -0.39 is 35.7 Å². The molecule has 9 atom stereocenters. The van der Waals surface area contributed by atoms with Gasteiger partial charge in [0.05, 0.1) is 18.4 Å². The number of imide groups is 1. The second-order valence-electron chi connectivity index (χ2n) is 9.72. The number of Topliss-reactive ketones (excluding diaryl/α,β-unsaturated/α-hetero) is 2. The minimum atomic E-state index is -1.14. The summed E-state index contributed by atoms with van der Waals surface area (Å²) < 4.78 is 5.05. The Morgan fingerprint density at radius 3 is 2.00 bits per heavy atom. The van der Waals surface area contributed by atoms with Crippen molar-refractivity contribution in [3.05, 3.63) is 24.3 Å². The molecular weight excluding hydrogens is 402 g/mol. The Kier molecular flexibility index (Phi) is 4.04. The van der Waals surface area contributed by atoms with Crippen LogP contribution in [0.15, 0.2) is 24.3 Å². The Morgan fingerprint density at radius 2 is 1.39 bits per heavy atom. The third-order valence-electron chi connectivity index (χ3n) is 8.29. The summed E-state index contributed by atoms with van der Waals surface area (Å²) in [7, 11) is 0. The highest BCUT2D eigenvalue weighted by molar-refractivity contribution is 6.06. The third-order valence-corrected chi connectivity index (χ3v) is 8.29. The number of amides is 2. The van der Waals surface area contributed by atoms with Crippen molar-refractivity contribution in [2.45, 2.75) is 25.7 Å². The lowest BCUT2D eigenvalue weighted by Gasteiger charge is -2.34. The molecular formula is C23H23NO7. The summed E-state index contributed by atoms with van der Waals surface area (Å²) in [5.41, 5.74) is 0. The summed E-state index contributed by atoms with van der Waals surface area (Å²) in [6.45, 7) is -0.111. The number of ketones is 2. The molecule has 0 aromatic carbocycles. The number of hydrogen-bond donors (Lipinski definition) is 0. The molecule has 0 spiro atoms. The zero-order valence-corrected chi connectivity index (χ0v) is 16.8. The highest BCUT2D eigenvalue weighted by atomic mass is 16.8. The molecule has 3 saturated carbocycles. The van der Waals surface area contributed by atoms with Crippen LogP contribution in [-0.4, -0.2) is 41.2 Å². The van der Waals surface area contributed by atoms with Crippen molar-refractivity contribution in [1.82, 2.24) is 5.06 Å². The molecule has 8 nitrogen and oxygen atoms in total. The van der Waals surface area contributed by atoms with Gasteiger partial charge in [-0.15, -0.1) is 0 Å². The predicted octanol–water partition coefficient (Wildman–Crippen LogP) is 1.85. The standard InChI is InChI=1S/C23H23NO7/c25-15-9-14(20(26)17-11-2-1-10(7-11)16(15)17)5-6-30-23(29)31-24-21(27)18-12-3-4-13(8-12)19(18)22(24)28/h1-4,10-14,16-19H,5-9H2. The van der Waals surface area contributed by atoms with Crippen LogP contribution < -0.4 is 0 Å². The van der Waals surface area contributed by atoms with Gasteiger partial charge in [0, 0.05) is 24.2 Å². The molecule has 6 aliphatic rings. The molecule has 162 valence electrons. The molecule has 2 amide bonds. The number of allylic oxidation sites excluding steroid dienone is 4. The third kappa shape index (κ3) is 2.63. The fraction of sp³-hybridized carbons (Fsp3) is 0.609. The Bertz CT molecular complexity index is 937. The molecule has 4 bridgehead atoms. The molecule has 1 heterocycles. The van der Waals surface area contributed by atoms with E-state index in [4.69, 9.17) is 9.57 Å². The first-order valence-corrected chi connectivity index (χ1v) is 11.1. The van der Waals surface area contributed by atoms with Gasteiger partial charge in [-0.25, -0.2) is 4.79 Å². The molecule has 4 fully saturated rings. The summed E-state index contributed by atoms with van der Waals surface area (Å²) in [6.07, 6.45) is 8.95. The van der Waals surface area contributed by atoms with E-state index in [0.29, 0.717) is 5.06 Å². The van der Waals surface area contributed by atoms with Crippen molar-refractivity contribution in [1.29, 1.82) is 0 Å². The van der Waals surface area contributed by atoms with Gasteiger partial charge in [0.15, 0.2) is 0 Å². The Hall–Kier alpha value is -2.77. The second-order valence-corrected chi connectivity index (χ2v) is 9.72. The first-order chi connectivity index (χ1) is 14.9. The van der Waals surface area contributed by atoms with Crippen molar-refractivity contribution >= 4 is 29.5 Å². The smallest absolute Gasteiger partial charge is 0.433 e. The van der Waals surface area contributed by atoms with E-state index in [1.165, 1.54) is 0 Å². The van der Waals surface area contributed by atoms with E-state index in [1.807, 2.05) is 12.2 Å². The number of hydroxylamine groups is 2. The van der Waals surface area contributed by atoms with Crippen LogP contribution >= 0.6 is 0 Å². The maximum absolute atomic E-state index is 12.9. The van der Waals surface area contributed by atoms with Crippen LogP contribution in [0.1, 0.15) is 25.7 Å². The topological polar surface area (TPSA) is 107 Å². The number of carbonyl (C=O) groups excluding carboxylic acids is 5. The monoisotopic (exact) mass is 425 g/mol. The summed E-state index contributed by atoms with van der Waals surface area (Å²) in [5.74, 6) is -2.19. The number of ether oxygens (including phenoxy) is 1. The number of nitrogens with zero attached hydrogens (tertiary/aromatic N) is 1. The van der Waals surface area contributed by atoms with Crippen molar-refractivity contribution in [2.75, 3.05) is 6.61 Å². The van der Waals surface area contributed by atoms with E-state index >= 15 is 0 Å². The van der Waals surface area contributed by atoms with Crippen LogP contribution in [0.3, 0.4) is 0 Å². The molecule has 1 aliphatic heterocycles. The normalized spacial score (nSPS) is 43.7. The molecule has 0 radical (unpaired) electrons. The van der Waals surface area contributed by atoms with Gasteiger partial charge in [0.25, 0.3) is 11.8 Å². The lowest BCUT2D eigenvalue weighted by molar-refractivity contribution is -0.180. The van der Waals surface area contributed by atoms with E-state index in [2.05, 4.69) is 12.2 Å². The lowest BCUT2D eigenvalue weighted by Crippen LogP contribution is -2.43. The molecule has 5 aliphatic carbocycles. The van der Waals surface area contributed by atoms with E-state index in [1.54, 1.807) is 0 Å². The molecule has 0 N–H and O–H groups in total. The van der Waals surface area contributed by atoms with E-state index in [9.17, 15) is 24.0 Å². The van der Waals surface area contributed by atoms with Gasteiger partial charge in [0.1, 0.15) is 11.6 Å². The quantitative estimate of drug-likeness (QED) is 0.384. The summed E-state index contributed by atoms with van der Waals surface area (Å²) >= 11 is 0. The second kappa shape index (κ2) is 6.61. The SMILES string of the molecule is O=C(OCCC1CC(=O)C2C3C=CC(C3)C2C1=O)ON1C(=O)C2C3C=CC(C3)C2C1=O. The van der Waals surface area contributed by atoms with Gasteiger partial charge in [0.2, 0.25) is 0 Å². The Labute approximate surface area is 178 Å². The van der Waals surface area contributed by atoms with Crippen molar-refractivity contribution < 1.29 is 33.5 Å². The van der Waals surface area contributed by atoms with Crippen molar-refractivity contribution in [3.8, 4) is 0 Å². The van der Waals surface area contributed by atoms with Crippen LogP contribution in [0.5, 0.6) is 0 Å². The Morgan fingerprint density at radius 1 is 0.839 bits per heavy atom. The van der Waals surface area contributed by atoms with Gasteiger partial charge in [-0.1, -0.05) is 29.4 Å². The minimum Gasteiger partial charge on any atom is -0.433 e. The zero-order chi connectivity index (χ0) is 21.4. The summed E-state index contributed by atoms with van der Waals surface area (Å²) in [4.78, 5) is 67.6. The average Bonchev–Trinajstić information content (AvgIpc) is 3.55. The maximum Gasteiger partial charge on any atom is 0.533 e. The first kappa shape index (κ1) is 19.0. The van der Waals surface area contributed by atoms with Gasteiger partial charge < -0.3 is 4.74 Å². The highest BCUT2D eigenvalue weighted by Gasteiger charge is 2.61. The average molecular weight is 425 g/mol. The van der Waals surface area contributed by atoms with Crippen molar-refractivity contribution in [2.24, 2.45) is 53.3 Å². The number of fused-ring (bicyclic) bond motifs is 10. The van der Waals surface area contributed by atoms with E-state index in [0.717, 1.165) is 12.8 Å². The van der Waals surface area contributed by atoms with Crippen LogP contribution in [0.4, 0.5) is 4.79 Å². The van der Waals surface area contributed by atoms with Crippen molar-refractivity contribution in [3.63, 3.8) is 0 Å². The Balaban J connectivity index is 1.03. The van der Waals surface area contributed by atoms with Gasteiger partial charge in [-0.3, -0.25) is 24.0 Å². The lowest BCUT2D eigenvalue weighted by atomic mass is 9.67. The molecule has 9 unspecified atom stereocenters. The number of rotatable bonds is 4. The maximum atomic E-state index is 12.9. The van der Waals surface area contributed by atoms with Crippen LogP contribution in [-0.2, 0) is 28.8 Å². The molecule has 31 heavy (non-hydrogen) atoms. The molecule has 0 aromatic heterocycles. The molecule has 0 aromatic rings. The minimum absolute atomic E-state index is 0.0236. The van der Waals surface area contributed by atoms with Crippen LogP contribution in [0.25, 0.3) is 0 Å².